The van der Waals surface area contributed by atoms with E-state index in [0.29, 0.717) is 6.10 Å². The van der Waals surface area contributed by atoms with Crippen LogP contribution in [0.25, 0.3) is 0 Å². The molecule has 1 saturated heterocycles. The molecular weight excluding hydrogens is 346 g/mol. The Hall–Kier alpha value is -1.57. The lowest BCUT2D eigenvalue weighted by Crippen LogP contribution is -2.23. The Kier molecular flexibility index (Phi) is 6.56. The molecule has 26 heavy (non-hydrogen) atoms. The predicted molar refractivity (Wildman–Crippen MR) is 107 cm³/mol. The third kappa shape index (κ3) is 4.78. The summed E-state index contributed by atoms with van der Waals surface area (Å²) in [5.74, 6) is 1.01. The first-order chi connectivity index (χ1) is 12.6. The molecule has 0 amide bonds. The Morgan fingerprint density at radius 2 is 1.92 bits per heavy atom. The summed E-state index contributed by atoms with van der Waals surface area (Å²) in [6.07, 6.45) is 4.62. The van der Waals surface area contributed by atoms with Gasteiger partial charge in [0.15, 0.2) is 5.16 Å². The highest BCUT2D eigenvalue weighted by Gasteiger charge is 2.21. The highest BCUT2D eigenvalue weighted by molar-refractivity contribution is 7.98. The molecule has 1 aromatic heterocycles. The first-order valence-electron chi connectivity index (χ1n) is 9.09. The van der Waals surface area contributed by atoms with E-state index in [1.165, 1.54) is 11.3 Å². The minimum Gasteiger partial charge on any atom is -0.378 e. The molecule has 0 saturated carbocycles. The average Bonchev–Trinajstić information content (AvgIpc) is 3.26. The van der Waals surface area contributed by atoms with Crippen LogP contribution < -0.4 is 4.90 Å². The summed E-state index contributed by atoms with van der Waals surface area (Å²) >= 11 is 1.65. The fourth-order valence-electron chi connectivity index (χ4n) is 3.27. The quantitative estimate of drug-likeness (QED) is 0.661. The van der Waals surface area contributed by atoms with Crippen LogP contribution in [-0.2, 0) is 24.4 Å². The third-order valence-corrected chi connectivity index (χ3v) is 5.37. The Bertz CT molecular complexity index is 694. The van der Waals surface area contributed by atoms with Crippen LogP contribution in [0.2, 0.25) is 0 Å². The molecule has 0 N–H and O–H groups in total. The molecule has 0 aliphatic carbocycles. The van der Waals surface area contributed by atoms with Crippen molar-refractivity contribution >= 4 is 17.4 Å². The van der Waals surface area contributed by atoms with Gasteiger partial charge in [-0.05, 0) is 43.8 Å². The molecule has 6 nitrogen and oxygen atoms in total. The van der Waals surface area contributed by atoms with Gasteiger partial charge in [-0.15, -0.1) is 10.2 Å². The number of rotatable bonds is 8. The Labute approximate surface area is 160 Å². The Morgan fingerprint density at radius 3 is 2.54 bits per heavy atom. The minimum absolute atomic E-state index is 0.291. The largest absolute Gasteiger partial charge is 0.378 e. The predicted octanol–water partition coefficient (Wildman–Crippen LogP) is 2.88. The van der Waals surface area contributed by atoms with Crippen LogP contribution in [0.15, 0.2) is 29.4 Å². The van der Waals surface area contributed by atoms with Gasteiger partial charge in [0.25, 0.3) is 0 Å². The number of hydrogen-bond acceptors (Lipinski definition) is 6. The number of thioether (sulfide) groups is 1. The normalized spacial score (nSPS) is 17.2. The fraction of sp³-hybridized carbons (Fsp3) is 0.579. The van der Waals surface area contributed by atoms with Crippen LogP contribution in [-0.4, -0.2) is 59.8 Å². The van der Waals surface area contributed by atoms with E-state index in [4.69, 9.17) is 4.74 Å². The summed E-state index contributed by atoms with van der Waals surface area (Å²) in [6.45, 7) is 3.38. The summed E-state index contributed by atoms with van der Waals surface area (Å²) in [7, 11) is 6.25. The summed E-state index contributed by atoms with van der Waals surface area (Å²) in [4.78, 5) is 4.40. The molecule has 7 heteroatoms. The molecule has 2 heterocycles. The highest BCUT2D eigenvalue weighted by Crippen LogP contribution is 2.21. The van der Waals surface area contributed by atoms with E-state index in [1.54, 1.807) is 11.8 Å². The van der Waals surface area contributed by atoms with Crippen LogP contribution in [0.1, 0.15) is 24.2 Å². The van der Waals surface area contributed by atoms with Crippen molar-refractivity contribution in [3.05, 3.63) is 35.7 Å². The van der Waals surface area contributed by atoms with Gasteiger partial charge in [0.2, 0.25) is 0 Å². The van der Waals surface area contributed by atoms with Gasteiger partial charge in [0.05, 0.1) is 19.2 Å². The second kappa shape index (κ2) is 8.88. The van der Waals surface area contributed by atoms with Crippen molar-refractivity contribution in [2.24, 2.45) is 0 Å². The Morgan fingerprint density at radius 1 is 1.15 bits per heavy atom. The molecular formula is C19H29N5OS. The van der Waals surface area contributed by atoms with E-state index in [0.717, 1.165) is 50.1 Å². The van der Waals surface area contributed by atoms with E-state index in [-0.39, 0.29) is 0 Å². The number of nitrogens with zero attached hydrogens (tertiary/aromatic N) is 5. The van der Waals surface area contributed by atoms with Gasteiger partial charge in [-0.3, -0.25) is 4.90 Å². The van der Waals surface area contributed by atoms with Crippen LogP contribution in [0.3, 0.4) is 0 Å². The van der Waals surface area contributed by atoms with Gasteiger partial charge >= 0.3 is 0 Å². The van der Waals surface area contributed by atoms with Crippen LogP contribution in [0.5, 0.6) is 0 Å². The van der Waals surface area contributed by atoms with E-state index in [2.05, 4.69) is 76.2 Å². The minimum atomic E-state index is 0.291. The lowest BCUT2D eigenvalue weighted by atomic mass is 10.2. The fourth-order valence-corrected chi connectivity index (χ4v) is 3.79. The SMILES string of the molecule is CSc1nnc(CN(C)Cc2ccc(N(C)C)cc2)n1CC1CCCO1. The molecule has 0 spiro atoms. The standard InChI is InChI=1S/C19H29N5OS/c1-22(2)16-9-7-15(8-10-16)12-23(3)14-18-20-21-19(26-4)24(18)13-17-6-5-11-25-17/h7-10,17H,5-6,11-14H2,1-4H3. The van der Waals surface area contributed by atoms with Crippen molar-refractivity contribution < 1.29 is 4.74 Å². The molecule has 142 valence electrons. The number of benzene rings is 1. The van der Waals surface area contributed by atoms with E-state index in [9.17, 15) is 0 Å². The van der Waals surface area contributed by atoms with Crippen molar-refractivity contribution in [3.8, 4) is 0 Å². The number of hydrogen-bond donors (Lipinski definition) is 0. The van der Waals surface area contributed by atoms with Crippen molar-refractivity contribution in [3.63, 3.8) is 0 Å². The summed E-state index contributed by atoms with van der Waals surface area (Å²) < 4.78 is 8.04. The topological polar surface area (TPSA) is 46.4 Å². The van der Waals surface area contributed by atoms with Crippen molar-refractivity contribution in [2.75, 3.05) is 38.9 Å². The number of aromatic nitrogens is 3. The molecule has 3 rings (SSSR count). The lowest BCUT2D eigenvalue weighted by Gasteiger charge is -2.19. The lowest BCUT2D eigenvalue weighted by molar-refractivity contribution is 0.0934. The van der Waals surface area contributed by atoms with Crippen molar-refractivity contribution in [1.29, 1.82) is 0 Å². The third-order valence-electron chi connectivity index (χ3n) is 4.70. The first kappa shape index (κ1) is 19.2. The summed E-state index contributed by atoms with van der Waals surface area (Å²) in [6, 6.07) is 8.70. The van der Waals surface area contributed by atoms with Crippen molar-refractivity contribution in [2.45, 2.75) is 43.7 Å². The van der Waals surface area contributed by atoms with E-state index >= 15 is 0 Å². The number of ether oxygens (including phenoxy) is 1. The molecule has 1 unspecified atom stereocenters. The molecule has 0 radical (unpaired) electrons. The highest BCUT2D eigenvalue weighted by atomic mass is 32.2. The molecule has 1 aromatic carbocycles. The molecule has 1 fully saturated rings. The van der Waals surface area contributed by atoms with Crippen LogP contribution in [0.4, 0.5) is 5.69 Å². The smallest absolute Gasteiger partial charge is 0.191 e. The maximum Gasteiger partial charge on any atom is 0.191 e. The van der Waals surface area contributed by atoms with Crippen LogP contribution >= 0.6 is 11.8 Å². The molecule has 1 atom stereocenters. The summed E-state index contributed by atoms with van der Waals surface area (Å²) in [5.41, 5.74) is 2.52. The van der Waals surface area contributed by atoms with Gasteiger partial charge in [-0.2, -0.15) is 0 Å². The van der Waals surface area contributed by atoms with E-state index in [1.807, 2.05) is 0 Å². The zero-order valence-corrected chi connectivity index (χ0v) is 17.0. The maximum atomic E-state index is 5.81. The van der Waals surface area contributed by atoms with Gasteiger partial charge in [0.1, 0.15) is 5.82 Å². The zero-order chi connectivity index (χ0) is 18.5. The van der Waals surface area contributed by atoms with Gasteiger partial charge in [-0.1, -0.05) is 23.9 Å². The van der Waals surface area contributed by atoms with Crippen molar-refractivity contribution in [1.82, 2.24) is 19.7 Å². The van der Waals surface area contributed by atoms with Gasteiger partial charge < -0.3 is 14.2 Å². The second-order valence-electron chi connectivity index (χ2n) is 7.08. The molecule has 0 bridgehead atoms. The van der Waals surface area contributed by atoms with E-state index < -0.39 is 0 Å². The maximum absolute atomic E-state index is 5.81. The zero-order valence-electron chi connectivity index (χ0n) is 16.2. The Balaban J connectivity index is 1.64. The molecule has 2 aromatic rings. The van der Waals surface area contributed by atoms with Gasteiger partial charge in [0, 0.05) is 32.9 Å². The first-order valence-corrected chi connectivity index (χ1v) is 10.3. The molecule has 1 aliphatic heterocycles. The summed E-state index contributed by atoms with van der Waals surface area (Å²) in [5, 5.41) is 9.76. The monoisotopic (exact) mass is 375 g/mol. The number of anilines is 1. The average molecular weight is 376 g/mol. The second-order valence-corrected chi connectivity index (χ2v) is 7.86. The van der Waals surface area contributed by atoms with Gasteiger partial charge in [-0.25, -0.2) is 0 Å². The van der Waals surface area contributed by atoms with Crippen LogP contribution in [0, 0.1) is 0 Å². The molecule has 1 aliphatic rings.